The van der Waals surface area contributed by atoms with Gasteiger partial charge in [-0.3, -0.25) is 10.1 Å². The Morgan fingerprint density at radius 1 is 1.33 bits per heavy atom. The summed E-state index contributed by atoms with van der Waals surface area (Å²) in [7, 11) is 1.22. The molecule has 0 unspecified atom stereocenters. The van der Waals surface area contributed by atoms with E-state index in [0.717, 1.165) is 11.5 Å². The maximum atomic E-state index is 11.9. The van der Waals surface area contributed by atoms with Crippen LogP contribution >= 0.6 is 11.5 Å². The fourth-order valence-corrected chi connectivity index (χ4v) is 1.96. The molecule has 0 spiro atoms. The van der Waals surface area contributed by atoms with Crippen LogP contribution in [0.2, 0.25) is 0 Å². The zero-order valence-electron chi connectivity index (χ0n) is 10.8. The van der Waals surface area contributed by atoms with Crippen molar-refractivity contribution in [3.63, 3.8) is 0 Å². The number of nitrogens with zero attached hydrogens (tertiary/aromatic N) is 3. The second-order valence-corrected chi connectivity index (χ2v) is 4.42. The highest BCUT2D eigenvalue weighted by atomic mass is 32.1. The van der Waals surface area contributed by atoms with E-state index in [0.29, 0.717) is 5.56 Å². The first-order valence-electron chi connectivity index (χ1n) is 5.66. The van der Waals surface area contributed by atoms with Crippen LogP contribution in [0.5, 0.6) is 0 Å². The Morgan fingerprint density at radius 2 is 2.05 bits per heavy atom. The number of nitrogens with one attached hydrogen (secondary N) is 1. The number of carbonyl (C=O) groups excluding carboxylic acids is 1. The number of carbonyl (C=O) groups is 2. The van der Waals surface area contributed by atoms with Gasteiger partial charge in [-0.1, -0.05) is 23.4 Å². The number of hydrogen-bond acceptors (Lipinski definition) is 7. The van der Waals surface area contributed by atoms with E-state index < -0.39 is 11.7 Å². The van der Waals surface area contributed by atoms with E-state index in [1.807, 2.05) is 0 Å². The van der Waals surface area contributed by atoms with Crippen molar-refractivity contribution in [3.05, 3.63) is 41.7 Å². The van der Waals surface area contributed by atoms with Crippen molar-refractivity contribution in [1.82, 2.24) is 9.36 Å². The van der Waals surface area contributed by atoms with Crippen LogP contribution in [-0.2, 0) is 9.63 Å². The zero-order valence-corrected chi connectivity index (χ0v) is 11.6. The summed E-state index contributed by atoms with van der Waals surface area (Å²) in [5, 5.41) is 15.0. The number of hydrogen-bond donors (Lipinski definition) is 2. The lowest BCUT2D eigenvalue weighted by Gasteiger charge is -1.99. The predicted octanol–water partition coefficient (Wildman–Crippen LogP) is 1.23. The number of carboxylic acid groups (broad SMARTS) is 1. The fraction of sp³-hybridized carbons (Fsp3) is 0.0833. The summed E-state index contributed by atoms with van der Waals surface area (Å²) in [6.07, 6.45) is 0. The van der Waals surface area contributed by atoms with E-state index in [-0.39, 0.29) is 16.9 Å². The number of carboxylic acids is 1. The highest BCUT2D eigenvalue weighted by Crippen LogP contribution is 2.13. The maximum Gasteiger partial charge on any atom is 0.362 e. The van der Waals surface area contributed by atoms with Crippen LogP contribution in [0.15, 0.2) is 35.5 Å². The van der Waals surface area contributed by atoms with E-state index in [1.54, 1.807) is 30.3 Å². The number of oxime groups is 1. The Kier molecular flexibility index (Phi) is 4.57. The van der Waals surface area contributed by atoms with Crippen LogP contribution in [0.25, 0.3) is 0 Å². The average molecular weight is 306 g/mol. The van der Waals surface area contributed by atoms with Gasteiger partial charge in [0, 0.05) is 17.1 Å². The van der Waals surface area contributed by atoms with Crippen molar-refractivity contribution in [2.45, 2.75) is 0 Å². The smallest absolute Gasteiger partial charge is 0.362 e. The lowest BCUT2D eigenvalue weighted by Crippen LogP contribution is -2.17. The van der Waals surface area contributed by atoms with Crippen LogP contribution in [0.1, 0.15) is 16.2 Å². The quantitative estimate of drug-likeness (QED) is 0.634. The van der Waals surface area contributed by atoms with Crippen molar-refractivity contribution >= 4 is 34.3 Å². The second kappa shape index (κ2) is 6.57. The summed E-state index contributed by atoms with van der Waals surface area (Å²) in [6, 6.07) is 8.54. The fourth-order valence-electron chi connectivity index (χ4n) is 1.40. The summed E-state index contributed by atoms with van der Waals surface area (Å²) in [4.78, 5) is 31.2. The van der Waals surface area contributed by atoms with Crippen molar-refractivity contribution in [2.24, 2.45) is 5.16 Å². The van der Waals surface area contributed by atoms with Gasteiger partial charge in [-0.25, -0.2) is 4.79 Å². The monoisotopic (exact) mass is 306 g/mol. The molecule has 0 saturated heterocycles. The number of anilines is 1. The largest absolute Gasteiger partial charge is 0.476 e. The molecular formula is C12H10N4O4S. The van der Waals surface area contributed by atoms with Gasteiger partial charge in [-0.05, 0) is 12.1 Å². The molecule has 0 aliphatic rings. The van der Waals surface area contributed by atoms with Crippen molar-refractivity contribution in [3.8, 4) is 0 Å². The van der Waals surface area contributed by atoms with Crippen molar-refractivity contribution in [1.29, 1.82) is 0 Å². The average Bonchev–Trinajstić information content (AvgIpc) is 2.93. The summed E-state index contributed by atoms with van der Waals surface area (Å²) >= 11 is 0.851. The first kappa shape index (κ1) is 14.6. The van der Waals surface area contributed by atoms with E-state index in [4.69, 9.17) is 5.11 Å². The molecule has 0 aliphatic heterocycles. The molecule has 9 heteroatoms. The van der Waals surface area contributed by atoms with Crippen LogP contribution in [-0.4, -0.2) is 39.2 Å². The first-order chi connectivity index (χ1) is 10.1. The molecule has 0 fully saturated rings. The van der Waals surface area contributed by atoms with E-state index in [2.05, 4.69) is 24.7 Å². The molecule has 1 heterocycles. The van der Waals surface area contributed by atoms with Crippen molar-refractivity contribution in [2.75, 3.05) is 12.4 Å². The Bertz CT molecular complexity index is 684. The molecule has 2 N–H and O–H groups in total. The number of benzene rings is 1. The van der Waals surface area contributed by atoms with Gasteiger partial charge in [-0.2, -0.15) is 9.36 Å². The summed E-state index contributed by atoms with van der Waals surface area (Å²) in [6.45, 7) is 0. The molecule has 2 aromatic rings. The molecule has 0 aliphatic carbocycles. The molecule has 1 aromatic carbocycles. The lowest BCUT2D eigenvalue weighted by molar-refractivity contribution is -0.129. The number of rotatable bonds is 5. The van der Waals surface area contributed by atoms with E-state index in [9.17, 15) is 9.59 Å². The lowest BCUT2D eigenvalue weighted by atomic mass is 10.2. The number of aliphatic carboxylic acids is 1. The molecule has 21 heavy (non-hydrogen) atoms. The third-order valence-electron chi connectivity index (χ3n) is 2.28. The normalized spacial score (nSPS) is 11.0. The molecule has 2 rings (SSSR count). The summed E-state index contributed by atoms with van der Waals surface area (Å²) < 4.78 is 3.83. The minimum Gasteiger partial charge on any atom is -0.476 e. The van der Waals surface area contributed by atoms with Crippen LogP contribution in [0, 0.1) is 0 Å². The Labute approximate surface area is 123 Å². The molecule has 1 aromatic heterocycles. The number of aromatic nitrogens is 2. The summed E-state index contributed by atoms with van der Waals surface area (Å²) in [5.41, 5.74) is 0.0206. The molecule has 8 nitrogen and oxygen atoms in total. The third kappa shape index (κ3) is 3.60. The van der Waals surface area contributed by atoms with Gasteiger partial charge in [-0.15, -0.1) is 0 Å². The Hall–Kier alpha value is -2.81. The standard InChI is InChI=1S/C12H10N4O4S/c1-20-15-8(11(18)19)9-13-12(21-16-9)14-10(17)7-5-3-2-4-6-7/h2-6H,1H3,(H,18,19)(H,13,14,16,17)/b15-8-. The first-order valence-corrected chi connectivity index (χ1v) is 6.44. The third-order valence-corrected chi connectivity index (χ3v) is 2.91. The molecule has 0 radical (unpaired) electrons. The van der Waals surface area contributed by atoms with Gasteiger partial charge in [0.05, 0.1) is 0 Å². The molecule has 108 valence electrons. The molecule has 1 amide bonds. The molecule has 0 atom stereocenters. The van der Waals surface area contributed by atoms with Gasteiger partial charge >= 0.3 is 5.97 Å². The Balaban J connectivity index is 2.15. The number of amides is 1. The predicted molar refractivity (Wildman–Crippen MR) is 75.5 cm³/mol. The zero-order chi connectivity index (χ0) is 15.2. The van der Waals surface area contributed by atoms with Gasteiger partial charge in [0.1, 0.15) is 7.11 Å². The highest BCUT2D eigenvalue weighted by Gasteiger charge is 2.20. The molecular weight excluding hydrogens is 296 g/mol. The Morgan fingerprint density at radius 3 is 2.67 bits per heavy atom. The van der Waals surface area contributed by atoms with Gasteiger partial charge in [0.2, 0.25) is 16.7 Å². The summed E-state index contributed by atoms with van der Waals surface area (Å²) in [5.74, 6) is -1.81. The highest BCUT2D eigenvalue weighted by molar-refractivity contribution is 7.10. The molecule has 0 bridgehead atoms. The van der Waals surface area contributed by atoms with Crippen LogP contribution in [0.4, 0.5) is 5.13 Å². The van der Waals surface area contributed by atoms with Gasteiger partial charge < -0.3 is 9.94 Å². The van der Waals surface area contributed by atoms with Gasteiger partial charge in [0.25, 0.3) is 5.91 Å². The van der Waals surface area contributed by atoms with E-state index >= 15 is 0 Å². The maximum absolute atomic E-state index is 11.9. The van der Waals surface area contributed by atoms with Crippen LogP contribution in [0.3, 0.4) is 0 Å². The minimum absolute atomic E-state index is 0.127. The molecule has 0 saturated carbocycles. The SMILES string of the molecule is CO/N=C(\C(=O)O)c1nsc(NC(=O)c2ccccc2)n1. The topological polar surface area (TPSA) is 114 Å². The second-order valence-electron chi connectivity index (χ2n) is 3.67. The minimum atomic E-state index is -1.32. The van der Waals surface area contributed by atoms with Gasteiger partial charge in [0.15, 0.2) is 0 Å². The van der Waals surface area contributed by atoms with E-state index in [1.165, 1.54) is 7.11 Å². The van der Waals surface area contributed by atoms with Crippen LogP contribution < -0.4 is 5.32 Å². The van der Waals surface area contributed by atoms with Crippen molar-refractivity contribution < 1.29 is 19.5 Å².